The van der Waals surface area contributed by atoms with Gasteiger partial charge in [-0.05, 0) is 39.3 Å². The summed E-state index contributed by atoms with van der Waals surface area (Å²) in [7, 11) is 1.72. The van der Waals surface area contributed by atoms with Gasteiger partial charge in [0.2, 0.25) is 0 Å². The highest BCUT2D eigenvalue weighted by atomic mass is 35.5. The Morgan fingerprint density at radius 1 is 1.41 bits per heavy atom. The first-order valence-corrected chi connectivity index (χ1v) is 9.46. The molecule has 0 aliphatic carbocycles. The number of aliphatic imine (C=N–C) groups is 1. The summed E-state index contributed by atoms with van der Waals surface area (Å²) < 4.78 is 5.20. The van der Waals surface area contributed by atoms with E-state index >= 15 is 0 Å². The fraction of sp³-hybridized carbons (Fsp3) is 0.611. The lowest BCUT2D eigenvalue weighted by Gasteiger charge is -2.21. The number of anilines is 1. The topological polar surface area (TPSA) is 90.9 Å². The Morgan fingerprint density at radius 3 is 2.81 bits per heavy atom. The van der Waals surface area contributed by atoms with E-state index < -0.39 is 11.7 Å². The summed E-state index contributed by atoms with van der Waals surface area (Å²) in [4.78, 5) is 22.4. The third kappa shape index (κ3) is 7.13. The Bertz CT molecular complexity index is 661. The van der Waals surface area contributed by atoms with E-state index in [4.69, 9.17) is 16.3 Å². The van der Waals surface area contributed by atoms with Crippen molar-refractivity contribution in [3.05, 3.63) is 23.4 Å². The van der Waals surface area contributed by atoms with Gasteiger partial charge in [-0.15, -0.1) is 0 Å². The Balaban J connectivity index is 1.72. The van der Waals surface area contributed by atoms with E-state index in [2.05, 4.69) is 30.8 Å². The van der Waals surface area contributed by atoms with Crippen LogP contribution in [0, 0.1) is 0 Å². The fourth-order valence-electron chi connectivity index (χ4n) is 2.73. The maximum absolute atomic E-state index is 11.6. The number of rotatable bonds is 5. The van der Waals surface area contributed by atoms with Gasteiger partial charge in [0.05, 0.1) is 5.02 Å². The number of carbonyl (C=O) groups is 1. The van der Waals surface area contributed by atoms with Crippen molar-refractivity contribution in [3.63, 3.8) is 0 Å². The summed E-state index contributed by atoms with van der Waals surface area (Å²) >= 11 is 6.23. The molecule has 0 bridgehead atoms. The molecule has 150 valence electrons. The number of nitrogens with one attached hydrogen (secondary N) is 3. The second-order valence-corrected chi connectivity index (χ2v) is 7.72. The van der Waals surface area contributed by atoms with E-state index in [-0.39, 0.29) is 6.04 Å². The minimum atomic E-state index is -0.500. The molecule has 0 aromatic carbocycles. The molecule has 0 saturated carbocycles. The maximum atomic E-state index is 11.6. The predicted molar refractivity (Wildman–Crippen MR) is 109 cm³/mol. The fourth-order valence-corrected chi connectivity index (χ4v) is 2.97. The standard InChI is InChI=1S/C18H29ClN6O2/c1-18(2,3)27-17(26)23-10-9-22-16(20-4)24-13-7-11-25(12-13)15-14(19)6-5-8-21-15/h5-6,8,13H,7,9-12H2,1-4H3,(H,23,26)(H2,20,22,24). The van der Waals surface area contributed by atoms with Crippen LogP contribution in [0.25, 0.3) is 0 Å². The van der Waals surface area contributed by atoms with E-state index in [1.807, 2.05) is 32.9 Å². The number of hydrogen-bond acceptors (Lipinski definition) is 5. The normalized spacial score (nSPS) is 17.6. The second kappa shape index (κ2) is 9.64. The Morgan fingerprint density at radius 2 is 2.15 bits per heavy atom. The van der Waals surface area contributed by atoms with Crippen LogP contribution in [0.5, 0.6) is 0 Å². The largest absolute Gasteiger partial charge is 0.444 e. The molecular formula is C18H29ClN6O2. The monoisotopic (exact) mass is 396 g/mol. The molecule has 1 aromatic rings. The van der Waals surface area contributed by atoms with Gasteiger partial charge in [0.15, 0.2) is 5.96 Å². The number of nitrogens with zero attached hydrogens (tertiary/aromatic N) is 3. The van der Waals surface area contributed by atoms with Gasteiger partial charge in [-0.2, -0.15) is 0 Å². The summed E-state index contributed by atoms with van der Waals surface area (Å²) in [6.07, 6.45) is 2.29. The third-order valence-corrected chi connectivity index (χ3v) is 4.17. The molecule has 0 radical (unpaired) electrons. The molecule has 1 aromatic heterocycles. The Kier molecular flexibility index (Phi) is 7.53. The van der Waals surface area contributed by atoms with Crippen LogP contribution in [0.3, 0.4) is 0 Å². The zero-order valence-electron chi connectivity index (χ0n) is 16.4. The first-order valence-electron chi connectivity index (χ1n) is 9.08. The maximum Gasteiger partial charge on any atom is 0.407 e. The van der Waals surface area contributed by atoms with Gasteiger partial charge in [-0.1, -0.05) is 11.6 Å². The van der Waals surface area contributed by atoms with Crippen LogP contribution >= 0.6 is 11.6 Å². The van der Waals surface area contributed by atoms with Gasteiger partial charge in [-0.3, -0.25) is 4.99 Å². The van der Waals surface area contributed by atoms with E-state index in [1.54, 1.807) is 13.2 Å². The first-order chi connectivity index (χ1) is 12.8. The number of ether oxygens (including phenoxy) is 1. The molecular weight excluding hydrogens is 368 g/mol. The molecule has 27 heavy (non-hydrogen) atoms. The first kappa shape index (κ1) is 21.1. The second-order valence-electron chi connectivity index (χ2n) is 7.31. The molecule has 3 N–H and O–H groups in total. The summed E-state index contributed by atoms with van der Waals surface area (Å²) in [6.45, 7) is 8.16. The van der Waals surface area contributed by atoms with Gasteiger partial charge in [0.25, 0.3) is 0 Å². The lowest BCUT2D eigenvalue weighted by molar-refractivity contribution is 0.0529. The van der Waals surface area contributed by atoms with Crippen LogP contribution in [-0.2, 0) is 4.74 Å². The summed E-state index contributed by atoms with van der Waals surface area (Å²) in [5.41, 5.74) is -0.500. The van der Waals surface area contributed by atoms with Crippen LogP contribution in [0.4, 0.5) is 10.6 Å². The van der Waals surface area contributed by atoms with Gasteiger partial charge >= 0.3 is 6.09 Å². The molecule has 8 nitrogen and oxygen atoms in total. The molecule has 1 aliphatic rings. The van der Waals surface area contributed by atoms with Crippen molar-refractivity contribution in [1.29, 1.82) is 0 Å². The molecule has 1 unspecified atom stereocenters. The Labute approximate surface area is 165 Å². The molecule has 1 atom stereocenters. The molecule has 0 spiro atoms. The van der Waals surface area contributed by atoms with E-state index in [0.717, 1.165) is 25.3 Å². The molecule has 1 aliphatic heterocycles. The molecule has 2 heterocycles. The molecule has 1 amide bonds. The summed E-state index contributed by atoms with van der Waals surface area (Å²) in [5, 5.41) is 9.95. The molecule has 1 fully saturated rings. The molecule has 2 rings (SSSR count). The SMILES string of the molecule is CN=C(NCCNC(=O)OC(C)(C)C)NC1CCN(c2ncccc2Cl)C1. The van der Waals surface area contributed by atoms with Crippen molar-refractivity contribution < 1.29 is 9.53 Å². The number of pyridine rings is 1. The van der Waals surface area contributed by atoms with Crippen molar-refractivity contribution in [3.8, 4) is 0 Å². The third-order valence-electron chi connectivity index (χ3n) is 3.88. The van der Waals surface area contributed by atoms with Crippen molar-refractivity contribution in [1.82, 2.24) is 20.9 Å². The number of aromatic nitrogens is 1. The quantitative estimate of drug-likeness (QED) is 0.400. The smallest absolute Gasteiger partial charge is 0.407 e. The van der Waals surface area contributed by atoms with E-state index in [9.17, 15) is 4.79 Å². The average Bonchev–Trinajstić information content (AvgIpc) is 3.04. The zero-order chi connectivity index (χ0) is 19.9. The molecule has 1 saturated heterocycles. The number of guanidine groups is 1. The van der Waals surface area contributed by atoms with Gasteiger partial charge in [-0.25, -0.2) is 9.78 Å². The van der Waals surface area contributed by atoms with Crippen LogP contribution in [0.1, 0.15) is 27.2 Å². The van der Waals surface area contributed by atoms with Gasteiger partial charge in [0, 0.05) is 45.5 Å². The lowest BCUT2D eigenvalue weighted by atomic mass is 10.2. The highest BCUT2D eigenvalue weighted by Gasteiger charge is 2.25. The van der Waals surface area contributed by atoms with Crippen molar-refractivity contribution in [2.75, 3.05) is 38.1 Å². The zero-order valence-corrected chi connectivity index (χ0v) is 17.1. The van der Waals surface area contributed by atoms with Crippen LogP contribution in [0.2, 0.25) is 5.02 Å². The van der Waals surface area contributed by atoms with Crippen LogP contribution in [0.15, 0.2) is 23.3 Å². The van der Waals surface area contributed by atoms with Crippen LogP contribution in [-0.4, -0.2) is 61.9 Å². The lowest BCUT2D eigenvalue weighted by Crippen LogP contribution is -2.46. The van der Waals surface area contributed by atoms with E-state index in [0.29, 0.717) is 24.1 Å². The van der Waals surface area contributed by atoms with Gasteiger partial charge < -0.3 is 25.6 Å². The number of halogens is 1. The predicted octanol–water partition coefficient (Wildman–Crippen LogP) is 2.00. The van der Waals surface area contributed by atoms with Crippen molar-refractivity contribution in [2.45, 2.75) is 38.8 Å². The number of hydrogen-bond donors (Lipinski definition) is 3. The number of alkyl carbamates (subject to hydrolysis) is 1. The van der Waals surface area contributed by atoms with Crippen LogP contribution < -0.4 is 20.9 Å². The van der Waals surface area contributed by atoms with Crippen molar-refractivity contribution >= 4 is 29.5 Å². The minimum Gasteiger partial charge on any atom is -0.444 e. The average molecular weight is 397 g/mol. The minimum absolute atomic E-state index is 0.244. The number of amides is 1. The molecule has 9 heteroatoms. The highest BCUT2D eigenvalue weighted by Crippen LogP contribution is 2.25. The van der Waals surface area contributed by atoms with Crippen molar-refractivity contribution in [2.24, 2.45) is 4.99 Å². The van der Waals surface area contributed by atoms with E-state index in [1.165, 1.54) is 0 Å². The summed E-state index contributed by atoms with van der Waals surface area (Å²) in [6, 6.07) is 3.92. The highest BCUT2D eigenvalue weighted by molar-refractivity contribution is 6.32. The van der Waals surface area contributed by atoms with Gasteiger partial charge in [0.1, 0.15) is 11.4 Å². The number of carbonyl (C=O) groups excluding carboxylic acids is 1. The summed E-state index contributed by atoms with van der Waals surface area (Å²) in [5.74, 6) is 1.51. The Hall–Kier alpha value is -2.22.